The van der Waals surface area contributed by atoms with Gasteiger partial charge in [0.1, 0.15) is 0 Å². The Morgan fingerprint density at radius 2 is 1.62 bits per heavy atom. The Hall–Kier alpha value is -0.0400. The lowest BCUT2D eigenvalue weighted by molar-refractivity contribution is 0.115. The Kier molecular flexibility index (Phi) is 8.53. The van der Waals surface area contributed by atoms with E-state index in [4.69, 9.17) is 0 Å². The van der Waals surface area contributed by atoms with Crippen molar-refractivity contribution >= 4 is 0 Å². The highest BCUT2D eigenvalue weighted by atomic mass is 16.3. The third kappa shape index (κ3) is 7.06. The van der Waals surface area contributed by atoms with E-state index in [0.717, 1.165) is 6.42 Å². The van der Waals surface area contributed by atoms with Gasteiger partial charge in [0, 0.05) is 0 Å². The lowest BCUT2D eigenvalue weighted by Crippen LogP contribution is -2.15. The van der Waals surface area contributed by atoms with Gasteiger partial charge in [-0.15, -0.1) is 0 Å². The first-order valence-electron chi connectivity index (χ1n) is 5.90. The maximum Gasteiger partial charge on any atom is 0.0540 e. The molecule has 0 aliphatic heterocycles. The summed E-state index contributed by atoms with van der Waals surface area (Å²) in [5, 5.41) is 9.41. The molecule has 0 amide bonds. The van der Waals surface area contributed by atoms with Gasteiger partial charge in [0.25, 0.3) is 0 Å². The van der Waals surface area contributed by atoms with Crippen molar-refractivity contribution in [3.63, 3.8) is 0 Å². The monoisotopic (exact) mass is 186 g/mol. The fraction of sp³-hybridized carbons (Fsp3) is 1.00. The smallest absolute Gasteiger partial charge is 0.0540 e. The lowest BCUT2D eigenvalue weighted by atomic mass is 9.94. The van der Waals surface area contributed by atoms with Crippen LogP contribution in [-0.2, 0) is 0 Å². The molecule has 80 valence electrons. The minimum Gasteiger partial charge on any atom is -0.393 e. The van der Waals surface area contributed by atoms with Gasteiger partial charge in [0.2, 0.25) is 0 Å². The van der Waals surface area contributed by atoms with E-state index in [9.17, 15) is 5.11 Å². The summed E-state index contributed by atoms with van der Waals surface area (Å²) in [5.74, 6) is 0.529. The molecule has 0 aromatic rings. The minimum absolute atomic E-state index is 0.115. The first-order valence-corrected chi connectivity index (χ1v) is 5.90. The van der Waals surface area contributed by atoms with Gasteiger partial charge in [0.15, 0.2) is 0 Å². The van der Waals surface area contributed by atoms with Crippen LogP contribution in [0.1, 0.15) is 65.7 Å². The number of hydrogen-bond acceptors (Lipinski definition) is 1. The zero-order chi connectivity index (χ0) is 10.1. The molecule has 0 aliphatic rings. The van der Waals surface area contributed by atoms with Crippen LogP contribution < -0.4 is 0 Å². The van der Waals surface area contributed by atoms with E-state index in [1.54, 1.807) is 0 Å². The van der Waals surface area contributed by atoms with Gasteiger partial charge in [-0.25, -0.2) is 0 Å². The van der Waals surface area contributed by atoms with Gasteiger partial charge in [0.05, 0.1) is 6.10 Å². The fourth-order valence-corrected chi connectivity index (χ4v) is 1.80. The molecule has 2 unspecified atom stereocenters. The molecule has 0 bridgehead atoms. The second-order valence-electron chi connectivity index (χ2n) is 4.11. The normalized spacial score (nSPS) is 15.7. The second-order valence-corrected chi connectivity index (χ2v) is 4.11. The Morgan fingerprint density at radius 3 is 2.08 bits per heavy atom. The van der Waals surface area contributed by atoms with E-state index in [1.165, 1.54) is 38.5 Å². The van der Waals surface area contributed by atoms with Crippen molar-refractivity contribution in [1.29, 1.82) is 0 Å². The molecule has 0 saturated heterocycles. The lowest BCUT2D eigenvalue weighted by Gasteiger charge is -2.17. The van der Waals surface area contributed by atoms with Gasteiger partial charge < -0.3 is 5.11 Å². The van der Waals surface area contributed by atoms with Gasteiger partial charge in [-0.1, -0.05) is 52.4 Å². The van der Waals surface area contributed by atoms with E-state index >= 15 is 0 Å². The highest BCUT2D eigenvalue weighted by Gasteiger charge is 2.11. The maximum absolute atomic E-state index is 9.41. The summed E-state index contributed by atoms with van der Waals surface area (Å²) in [5.41, 5.74) is 0. The molecule has 1 nitrogen and oxygen atoms in total. The summed E-state index contributed by atoms with van der Waals surface area (Å²) in [6.07, 6.45) is 8.89. The van der Waals surface area contributed by atoms with Crippen LogP contribution in [0.25, 0.3) is 0 Å². The zero-order valence-corrected chi connectivity index (χ0v) is 9.55. The van der Waals surface area contributed by atoms with Gasteiger partial charge in [-0.05, 0) is 19.3 Å². The molecule has 0 spiro atoms. The molecule has 0 rings (SSSR count). The minimum atomic E-state index is -0.115. The molecule has 0 aliphatic carbocycles. The van der Waals surface area contributed by atoms with Crippen LogP contribution in [0.3, 0.4) is 0 Å². The van der Waals surface area contributed by atoms with E-state index in [0.29, 0.717) is 5.92 Å². The standard InChI is InChI=1S/C12H26O/c1-4-6-7-8-9-10-12(5-2)11(3)13/h11-13H,4-10H2,1-3H3. The van der Waals surface area contributed by atoms with E-state index in [1.807, 2.05) is 6.92 Å². The third-order valence-electron chi connectivity index (χ3n) is 2.89. The highest BCUT2D eigenvalue weighted by molar-refractivity contribution is 4.62. The number of rotatable bonds is 8. The molecule has 13 heavy (non-hydrogen) atoms. The first kappa shape index (κ1) is 13.0. The quantitative estimate of drug-likeness (QED) is 0.572. The van der Waals surface area contributed by atoms with Crippen molar-refractivity contribution in [2.24, 2.45) is 5.92 Å². The summed E-state index contributed by atoms with van der Waals surface area (Å²) in [7, 11) is 0. The largest absolute Gasteiger partial charge is 0.393 e. The molecular weight excluding hydrogens is 160 g/mol. The molecule has 0 aromatic heterocycles. The summed E-state index contributed by atoms with van der Waals surface area (Å²) in [4.78, 5) is 0. The van der Waals surface area contributed by atoms with Crippen molar-refractivity contribution in [1.82, 2.24) is 0 Å². The molecule has 0 heterocycles. The number of aliphatic hydroxyl groups is 1. The molecular formula is C12H26O. The highest BCUT2D eigenvalue weighted by Crippen LogP contribution is 2.17. The molecule has 0 fully saturated rings. The van der Waals surface area contributed by atoms with Crippen LogP contribution in [-0.4, -0.2) is 11.2 Å². The number of aliphatic hydroxyl groups excluding tert-OH is 1. The SMILES string of the molecule is CCCCCCCC(CC)C(C)O. The van der Waals surface area contributed by atoms with E-state index in [2.05, 4.69) is 13.8 Å². The van der Waals surface area contributed by atoms with Gasteiger partial charge in [-0.3, -0.25) is 0 Å². The molecule has 1 heteroatoms. The Balaban J connectivity index is 3.28. The number of hydrogen-bond donors (Lipinski definition) is 1. The van der Waals surface area contributed by atoms with Crippen molar-refractivity contribution in [2.45, 2.75) is 71.8 Å². The predicted octanol–water partition coefficient (Wildman–Crippen LogP) is 3.75. The first-order chi connectivity index (χ1) is 6.22. The summed E-state index contributed by atoms with van der Waals surface area (Å²) >= 11 is 0. The molecule has 0 saturated carbocycles. The van der Waals surface area contributed by atoms with Gasteiger partial charge >= 0.3 is 0 Å². The van der Waals surface area contributed by atoms with Crippen LogP contribution in [0.5, 0.6) is 0 Å². The fourth-order valence-electron chi connectivity index (χ4n) is 1.80. The van der Waals surface area contributed by atoms with E-state index in [-0.39, 0.29) is 6.10 Å². The Labute approximate surface area is 83.5 Å². The topological polar surface area (TPSA) is 20.2 Å². The van der Waals surface area contributed by atoms with Crippen LogP contribution in [0.4, 0.5) is 0 Å². The average molecular weight is 186 g/mol. The van der Waals surface area contributed by atoms with Crippen LogP contribution in [0.2, 0.25) is 0 Å². The van der Waals surface area contributed by atoms with Crippen molar-refractivity contribution < 1.29 is 5.11 Å². The maximum atomic E-state index is 9.41. The molecule has 0 radical (unpaired) electrons. The van der Waals surface area contributed by atoms with E-state index < -0.39 is 0 Å². The van der Waals surface area contributed by atoms with Crippen molar-refractivity contribution in [3.8, 4) is 0 Å². The summed E-state index contributed by atoms with van der Waals surface area (Å²) in [6.45, 7) is 6.33. The van der Waals surface area contributed by atoms with Crippen LogP contribution in [0.15, 0.2) is 0 Å². The van der Waals surface area contributed by atoms with Crippen LogP contribution >= 0.6 is 0 Å². The molecule has 0 aromatic carbocycles. The average Bonchev–Trinajstić information content (AvgIpc) is 2.10. The third-order valence-corrected chi connectivity index (χ3v) is 2.89. The van der Waals surface area contributed by atoms with Gasteiger partial charge in [-0.2, -0.15) is 0 Å². The zero-order valence-electron chi connectivity index (χ0n) is 9.55. The van der Waals surface area contributed by atoms with Crippen molar-refractivity contribution in [3.05, 3.63) is 0 Å². The Morgan fingerprint density at radius 1 is 1.00 bits per heavy atom. The molecule has 2 atom stereocenters. The summed E-state index contributed by atoms with van der Waals surface area (Å²) < 4.78 is 0. The second kappa shape index (κ2) is 8.55. The predicted molar refractivity (Wildman–Crippen MR) is 58.8 cm³/mol. The molecule has 1 N–H and O–H groups in total. The Bertz CT molecular complexity index is 99.3. The summed E-state index contributed by atoms with van der Waals surface area (Å²) in [6, 6.07) is 0. The number of unbranched alkanes of at least 4 members (excludes halogenated alkanes) is 4. The van der Waals surface area contributed by atoms with Crippen molar-refractivity contribution in [2.75, 3.05) is 0 Å². The van der Waals surface area contributed by atoms with Crippen LogP contribution in [0, 0.1) is 5.92 Å².